The molecule has 2 aromatic rings. The third-order valence-electron chi connectivity index (χ3n) is 6.12. The van der Waals surface area contributed by atoms with E-state index in [4.69, 9.17) is 16.9 Å². The van der Waals surface area contributed by atoms with Crippen molar-refractivity contribution < 1.29 is 8.78 Å². The molecule has 3 rings (SSSR count). The van der Waals surface area contributed by atoms with Gasteiger partial charge in [0.2, 0.25) is 0 Å². The second-order valence-corrected chi connectivity index (χ2v) is 9.25. The van der Waals surface area contributed by atoms with E-state index in [1.165, 1.54) is 12.4 Å². The molecule has 8 nitrogen and oxygen atoms in total. The van der Waals surface area contributed by atoms with Crippen LogP contribution in [0.5, 0.6) is 0 Å². The Balaban J connectivity index is 1.61. The number of halogens is 2. The number of fused-ring (bicyclic) bond motifs is 1. The first-order valence-corrected chi connectivity index (χ1v) is 12.2. The molecular formula is C26H36F2N8. The molecule has 0 spiro atoms. The minimum atomic E-state index is -2.52. The van der Waals surface area contributed by atoms with Gasteiger partial charge in [-0.3, -0.25) is 4.98 Å². The van der Waals surface area contributed by atoms with Crippen LogP contribution in [0.2, 0.25) is 0 Å². The molecule has 2 aromatic heterocycles. The molecule has 0 radical (unpaired) electrons. The van der Waals surface area contributed by atoms with E-state index in [0.717, 1.165) is 29.6 Å². The van der Waals surface area contributed by atoms with Crippen molar-refractivity contribution in [2.45, 2.75) is 39.0 Å². The third kappa shape index (κ3) is 7.74. The topological polar surface area (TPSA) is 129 Å². The van der Waals surface area contributed by atoms with Gasteiger partial charge in [-0.2, -0.15) is 0 Å². The quantitative estimate of drug-likeness (QED) is 0.180. The second-order valence-electron chi connectivity index (χ2n) is 9.25. The molecule has 0 aliphatic carbocycles. The molecule has 1 saturated heterocycles. The molecule has 10 heteroatoms. The summed E-state index contributed by atoms with van der Waals surface area (Å²) < 4.78 is 26.5. The maximum atomic E-state index is 13.3. The lowest BCUT2D eigenvalue weighted by Crippen LogP contribution is -2.40. The second kappa shape index (κ2) is 12.4. The van der Waals surface area contributed by atoms with Crippen LogP contribution >= 0.6 is 0 Å². The van der Waals surface area contributed by atoms with Crippen molar-refractivity contribution in [3.05, 3.63) is 59.8 Å². The highest BCUT2D eigenvalue weighted by Gasteiger charge is 2.33. The Morgan fingerprint density at radius 1 is 1.25 bits per heavy atom. The minimum absolute atomic E-state index is 0.0644. The van der Waals surface area contributed by atoms with E-state index in [0.29, 0.717) is 42.4 Å². The highest BCUT2D eigenvalue weighted by atomic mass is 19.3. The first-order valence-electron chi connectivity index (χ1n) is 12.2. The molecule has 194 valence electrons. The van der Waals surface area contributed by atoms with Gasteiger partial charge in [-0.15, -0.1) is 0 Å². The van der Waals surface area contributed by atoms with E-state index in [1.807, 2.05) is 26.0 Å². The molecule has 0 unspecified atom stereocenters. The smallest absolute Gasteiger partial charge is 0.250 e. The fraction of sp³-hybridized carbons (Fsp3) is 0.423. The van der Waals surface area contributed by atoms with Crippen molar-refractivity contribution in [3.8, 4) is 0 Å². The standard InChI is InChI=1S/C26H36F2N8/c1-18(2)19(14-29)13-24(31)35-25-5-4-22-23(34-25)12-20(17-33-22)21(15-30)16-32-8-3-9-36-10-6-26(27,28)7-11-36/h4-5,12-18,30,32H,3,6-11,29,31H2,1-2H3,(H,34,35)/b19-14+,21-16+,24-13+,30-15?. The van der Waals surface area contributed by atoms with Gasteiger partial charge in [0.1, 0.15) is 11.6 Å². The lowest BCUT2D eigenvalue weighted by molar-refractivity contribution is -0.0550. The Kier molecular flexibility index (Phi) is 9.35. The Hall–Kier alpha value is -3.53. The number of piperidine rings is 1. The number of pyridine rings is 2. The molecule has 0 bridgehead atoms. The van der Waals surface area contributed by atoms with Crippen LogP contribution in [-0.2, 0) is 0 Å². The van der Waals surface area contributed by atoms with Crippen LogP contribution < -0.4 is 22.1 Å². The number of nitrogens with one attached hydrogen (secondary N) is 3. The molecule has 0 aromatic carbocycles. The average Bonchev–Trinajstić information content (AvgIpc) is 2.85. The number of rotatable bonds is 11. The monoisotopic (exact) mass is 498 g/mol. The summed E-state index contributed by atoms with van der Waals surface area (Å²) in [5, 5.41) is 14.1. The third-order valence-corrected chi connectivity index (χ3v) is 6.12. The molecule has 0 amide bonds. The highest BCUT2D eigenvalue weighted by molar-refractivity contribution is 6.08. The summed E-state index contributed by atoms with van der Waals surface area (Å²) in [7, 11) is 0. The molecule has 0 saturated carbocycles. The van der Waals surface area contributed by atoms with Crippen molar-refractivity contribution >= 4 is 28.6 Å². The van der Waals surface area contributed by atoms with Gasteiger partial charge in [-0.05, 0) is 54.9 Å². The number of anilines is 1. The Bertz CT molecular complexity index is 1130. The first kappa shape index (κ1) is 27.1. The maximum absolute atomic E-state index is 13.3. The van der Waals surface area contributed by atoms with Gasteiger partial charge in [0.15, 0.2) is 0 Å². The van der Waals surface area contributed by atoms with Crippen molar-refractivity contribution in [1.82, 2.24) is 20.2 Å². The maximum Gasteiger partial charge on any atom is 0.250 e. The molecular weight excluding hydrogens is 462 g/mol. The predicted octanol–water partition coefficient (Wildman–Crippen LogP) is 4.04. The first-order chi connectivity index (χ1) is 17.2. The van der Waals surface area contributed by atoms with Crippen molar-refractivity contribution in [2.24, 2.45) is 17.4 Å². The van der Waals surface area contributed by atoms with Crippen LogP contribution in [0, 0.1) is 11.3 Å². The van der Waals surface area contributed by atoms with E-state index in [-0.39, 0.29) is 18.8 Å². The van der Waals surface area contributed by atoms with Gasteiger partial charge >= 0.3 is 0 Å². The largest absolute Gasteiger partial charge is 0.404 e. The lowest BCUT2D eigenvalue weighted by Gasteiger charge is -2.31. The molecule has 36 heavy (non-hydrogen) atoms. The Morgan fingerprint density at radius 3 is 2.67 bits per heavy atom. The van der Waals surface area contributed by atoms with Crippen LogP contribution in [0.25, 0.3) is 16.6 Å². The highest BCUT2D eigenvalue weighted by Crippen LogP contribution is 2.27. The van der Waals surface area contributed by atoms with Gasteiger partial charge in [0.25, 0.3) is 5.92 Å². The lowest BCUT2D eigenvalue weighted by atomic mass is 10.0. The fourth-order valence-corrected chi connectivity index (χ4v) is 3.90. The number of nitrogens with two attached hydrogens (primary N) is 2. The fourth-order valence-electron chi connectivity index (χ4n) is 3.90. The summed E-state index contributed by atoms with van der Waals surface area (Å²) in [6.07, 6.45) is 8.76. The summed E-state index contributed by atoms with van der Waals surface area (Å²) in [4.78, 5) is 11.2. The van der Waals surface area contributed by atoms with E-state index >= 15 is 0 Å². The molecule has 7 N–H and O–H groups in total. The minimum Gasteiger partial charge on any atom is -0.404 e. The van der Waals surface area contributed by atoms with Crippen LogP contribution in [0.3, 0.4) is 0 Å². The van der Waals surface area contributed by atoms with E-state index in [2.05, 4.69) is 25.5 Å². The Labute approximate surface area is 211 Å². The Morgan fingerprint density at radius 2 is 2.00 bits per heavy atom. The van der Waals surface area contributed by atoms with Gasteiger partial charge in [-0.1, -0.05) is 13.8 Å². The van der Waals surface area contributed by atoms with E-state index in [1.54, 1.807) is 24.5 Å². The summed E-state index contributed by atoms with van der Waals surface area (Å²) in [5.74, 6) is -1.27. The molecule has 0 atom stereocenters. The normalized spacial score (nSPS) is 17.4. The molecule has 3 heterocycles. The molecule has 1 fully saturated rings. The summed E-state index contributed by atoms with van der Waals surface area (Å²) in [5.41, 5.74) is 15.5. The van der Waals surface area contributed by atoms with Gasteiger partial charge in [0.05, 0.1) is 11.0 Å². The van der Waals surface area contributed by atoms with Crippen LogP contribution in [0.15, 0.2) is 54.3 Å². The summed E-state index contributed by atoms with van der Waals surface area (Å²) in [6.45, 7) is 6.39. The number of hydrogen-bond donors (Lipinski definition) is 5. The summed E-state index contributed by atoms with van der Waals surface area (Å²) in [6, 6.07) is 5.53. The van der Waals surface area contributed by atoms with E-state index < -0.39 is 5.92 Å². The number of likely N-dealkylation sites (tertiary alicyclic amines) is 1. The van der Waals surface area contributed by atoms with Crippen molar-refractivity contribution in [2.75, 3.05) is 31.5 Å². The number of nitrogens with zero attached hydrogens (tertiary/aromatic N) is 3. The van der Waals surface area contributed by atoms with Crippen LogP contribution in [0.1, 0.15) is 38.7 Å². The molecule has 1 aliphatic heterocycles. The van der Waals surface area contributed by atoms with Crippen molar-refractivity contribution in [1.29, 1.82) is 5.41 Å². The van der Waals surface area contributed by atoms with Gasteiger partial charge in [0, 0.05) is 62.2 Å². The predicted molar refractivity (Wildman–Crippen MR) is 143 cm³/mol. The van der Waals surface area contributed by atoms with Crippen LogP contribution in [0.4, 0.5) is 14.6 Å². The van der Waals surface area contributed by atoms with Gasteiger partial charge < -0.3 is 32.4 Å². The van der Waals surface area contributed by atoms with E-state index in [9.17, 15) is 8.78 Å². The van der Waals surface area contributed by atoms with Crippen LogP contribution in [-0.4, -0.2) is 53.2 Å². The average molecular weight is 499 g/mol. The SMILES string of the molecule is CC(C)C(=C/N)/C=C(\N)Nc1ccc2ncc(/C(C=N)=C/NCCCN3CCC(F)(F)CC3)cc2n1. The van der Waals surface area contributed by atoms with Gasteiger partial charge in [-0.25, -0.2) is 13.8 Å². The number of alkyl halides is 2. The number of aromatic nitrogens is 2. The molecule has 1 aliphatic rings. The zero-order valence-electron chi connectivity index (χ0n) is 20.9. The zero-order valence-corrected chi connectivity index (χ0v) is 20.9. The van der Waals surface area contributed by atoms with Crippen molar-refractivity contribution in [3.63, 3.8) is 0 Å². The summed E-state index contributed by atoms with van der Waals surface area (Å²) >= 11 is 0. The number of hydrogen-bond acceptors (Lipinski definition) is 8. The zero-order chi connectivity index (χ0) is 26.1. The number of allylic oxidation sites excluding steroid dienone is 3.